The lowest BCUT2D eigenvalue weighted by molar-refractivity contribution is -0.141. The van der Waals surface area contributed by atoms with Crippen LogP contribution in [-0.2, 0) is 26.2 Å². The number of carbonyl (C=O) groups is 2. The van der Waals surface area contributed by atoms with Gasteiger partial charge in [-0.25, -0.2) is 8.42 Å². The Morgan fingerprint density at radius 1 is 0.929 bits per heavy atom. The van der Waals surface area contributed by atoms with E-state index < -0.39 is 34.1 Å². The summed E-state index contributed by atoms with van der Waals surface area (Å²) in [4.78, 5) is 28.9. The maximum atomic E-state index is 14.1. The molecule has 0 aliphatic rings. The summed E-state index contributed by atoms with van der Waals surface area (Å²) < 4.78 is 34.1. The number of rotatable bonds is 11. The molecular formula is C30H34Cl3N3O5S. The molecule has 3 rings (SSSR count). The van der Waals surface area contributed by atoms with Gasteiger partial charge in [-0.1, -0.05) is 47.8 Å². The third-order valence-electron chi connectivity index (χ3n) is 6.28. The van der Waals surface area contributed by atoms with Crippen LogP contribution in [0.5, 0.6) is 5.75 Å². The Kier molecular flexibility index (Phi) is 11.2. The third-order valence-corrected chi connectivity index (χ3v) is 8.91. The van der Waals surface area contributed by atoms with Crippen molar-refractivity contribution in [2.75, 3.05) is 18.0 Å². The van der Waals surface area contributed by atoms with E-state index in [9.17, 15) is 18.0 Å². The van der Waals surface area contributed by atoms with Gasteiger partial charge in [-0.05, 0) is 93.4 Å². The highest BCUT2D eigenvalue weighted by Crippen LogP contribution is 2.28. The number of nitrogens with one attached hydrogen (secondary N) is 1. The number of ether oxygens (including phenoxy) is 1. The first-order valence-corrected chi connectivity index (χ1v) is 15.7. The number of sulfonamides is 1. The van der Waals surface area contributed by atoms with Crippen molar-refractivity contribution in [3.8, 4) is 5.75 Å². The van der Waals surface area contributed by atoms with Gasteiger partial charge >= 0.3 is 0 Å². The van der Waals surface area contributed by atoms with E-state index in [2.05, 4.69) is 5.32 Å². The summed E-state index contributed by atoms with van der Waals surface area (Å²) >= 11 is 18.6. The molecule has 0 aliphatic heterocycles. The van der Waals surface area contributed by atoms with E-state index in [1.165, 1.54) is 60.5 Å². The molecule has 42 heavy (non-hydrogen) atoms. The molecule has 3 aromatic carbocycles. The molecule has 226 valence electrons. The summed E-state index contributed by atoms with van der Waals surface area (Å²) in [5, 5.41) is 4.05. The van der Waals surface area contributed by atoms with Crippen LogP contribution in [0.3, 0.4) is 0 Å². The highest BCUT2D eigenvalue weighted by molar-refractivity contribution is 7.92. The lowest BCUT2D eigenvalue weighted by atomic mass is 10.1. The predicted octanol–water partition coefficient (Wildman–Crippen LogP) is 6.57. The predicted molar refractivity (Wildman–Crippen MR) is 168 cm³/mol. The fourth-order valence-corrected chi connectivity index (χ4v) is 6.23. The van der Waals surface area contributed by atoms with Crippen LogP contribution in [0.2, 0.25) is 15.1 Å². The van der Waals surface area contributed by atoms with Gasteiger partial charge in [0.2, 0.25) is 11.8 Å². The van der Waals surface area contributed by atoms with E-state index in [1.807, 2.05) is 20.8 Å². The van der Waals surface area contributed by atoms with Crippen LogP contribution in [0.1, 0.15) is 39.7 Å². The van der Waals surface area contributed by atoms with Crippen molar-refractivity contribution in [3.63, 3.8) is 0 Å². The number of halogens is 3. The number of methoxy groups -OCH3 is 1. The maximum absolute atomic E-state index is 14.1. The summed E-state index contributed by atoms with van der Waals surface area (Å²) in [7, 11) is -2.77. The molecule has 0 fully saturated rings. The molecule has 0 aromatic heterocycles. The fraction of sp³-hybridized carbons (Fsp3) is 0.333. The minimum atomic E-state index is -4.25. The minimum absolute atomic E-state index is 0.0455. The van der Waals surface area contributed by atoms with Crippen LogP contribution in [0.25, 0.3) is 0 Å². The Balaban J connectivity index is 2.09. The summed E-state index contributed by atoms with van der Waals surface area (Å²) in [6, 6.07) is 15.9. The van der Waals surface area contributed by atoms with Gasteiger partial charge in [0.05, 0.1) is 17.7 Å². The van der Waals surface area contributed by atoms with E-state index in [-0.39, 0.29) is 29.5 Å². The van der Waals surface area contributed by atoms with Crippen molar-refractivity contribution < 1.29 is 22.7 Å². The largest absolute Gasteiger partial charge is 0.497 e. The zero-order chi connectivity index (χ0) is 31.2. The molecule has 1 unspecified atom stereocenters. The van der Waals surface area contributed by atoms with Crippen LogP contribution in [-0.4, -0.2) is 50.4 Å². The molecule has 0 aliphatic carbocycles. The molecule has 12 heteroatoms. The summed E-state index contributed by atoms with van der Waals surface area (Å²) in [5.41, 5.74) is 0.206. The van der Waals surface area contributed by atoms with Crippen molar-refractivity contribution in [3.05, 3.63) is 87.4 Å². The Morgan fingerprint density at radius 3 is 2.05 bits per heavy atom. The van der Waals surface area contributed by atoms with E-state index >= 15 is 0 Å². The number of amides is 2. The minimum Gasteiger partial charge on any atom is -0.497 e. The standard InChI is InChI=1S/C30H34Cl3N3O5S/c1-6-27(29(38)34-30(2,3)4)35(18-20-7-8-22(32)17-26(20)33)28(37)19-36(23-11-9-21(31)10-12-23)42(39,40)25-15-13-24(41-5)14-16-25/h7-17,27H,6,18-19H2,1-5H3,(H,34,38). The zero-order valence-corrected chi connectivity index (χ0v) is 27.1. The average molecular weight is 655 g/mol. The lowest BCUT2D eigenvalue weighted by Gasteiger charge is -2.35. The van der Waals surface area contributed by atoms with E-state index in [4.69, 9.17) is 39.5 Å². The highest BCUT2D eigenvalue weighted by atomic mass is 35.5. The molecule has 0 heterocycles. The molecule has 1 atom stereocenters. The van der Waals surface area contributed by atoms with Crippen LogP contribution >= 0.6 is 34.8 Å². The molecule has 3 aromatic rings. The molecule has 1 N–H and O–H groups in total. The number of hydrogen-bond acceptors (Lipinski definition) is 5. The van der Waals surface area contributed by atoms with Gasteiger partial charge in [0.25, 0.3) is 10.0 Å². The van der Waals surface area contributed by atoms with Crippen LogP contribution in [0, 0.1) is 0 Å². The molecule has 0 saturated carbocycles. The summed E-state index contributed by atoms with van der Waals surface area (Å²) in [6.07, 6.45) is 0.269. The van der Waals surface area contributed by atoms with Crippen molar-refractivity contribution >= 4 is 62.3 Å². The Bertz CT molecular complexity index is 1510. The number of benzene rings is 3. The SMILES string of the molecule is CCC(C(=O)NC(C)(C)C)N(Cc1ccc(Cl)cc1Cl)C(=O)CN(c1ccc(Cl)cc1)S(=O)(=O)c1ccc(OC)cc1. The van der Waals surface area contributed by atoms with Crippen molar-refractivity contribution in [2.24, 2.45) is 0 Å². The first kappa shape index (κ1) is 33.5. The maximum Gasteiger partial charge on any atom is 0.264 e. The topological polar surface area (TPSA) is 96.0 Å². The molecule has 2 amide bonds. The smallest absolute Gasteiger partial charge is 0.264 e. The van der Waals surface area contributed by atoms with Crippen molar-refractivity contribution in [2.45, 2.75) is 57.1 Å². The second kappa shape index (κ2) is 14.0. The fourth-order valence-electron chi connectivity index (χ4n) is 4.22. The number of nitrogens with zero attached hydrogens (tertiary/aromatic N) is 2. The second-order valence-electron chi connectivity index (χ2n) is 10.6. The quantitative estimate of drug-likeness (QED) is 0.252. The Morgan fingerprint density at radius 2 is 1.52 bits per heavy atom. The lowest BCUT2D eigenvalue weighted by Crippen LogP contribution is -2.55. The number of carbonyl (C=O) groups excluding carboxylic acids is 2. The van der Waals surface area contributed by atoms with Gasteiger partial charge in [-0.15, -0.1) is 0 Å². The third kappa shape index (κ3) is 8.53. The Hall–Kier alpha value is -2.98. The molecule has 8 nitrogen and oxygen atoms in total. The van der Waals surface area contributed by atoms with Crippen LogP contribution in [0.4, 0.5) is 5.69 Å². The normalized spacial score (nSPS) is 12.4. The first-order chi connectivity index (χ1) is 19.7. The van der Waals surface area contributed by atoms with Crippen molar-refractivity contribution in [1.29, 1.82) is 0 Å². The zero-order valence-electron chi connectivity index (χ0n) is 24.0. The van der Waals surface area contributed by atoms with Gasteiger partial charge < -0.3 is 15.0 Å². The molecular weight excluding hydrogens is 621 g/mol. The van der Waals surface area contributed by atoms with Gasteiger partial charge in [-0.3, -0.25) is 13.9 Å². The van der Waals surface area contributed by atoms with Gasteiger partial charge in [0, 0.05) is 27.2 Å². The molecule has 0 radical (unpaired) electrons. The monoisotopic (exact) mass is 653 g/mol. The van der Waals surface area contributed by atoms with Crippen LogP contribution < -0.4 is 14.4 Å². The van der Waals surface area contributed by atoms with Crippen molar-refractivity contribution in [1.82, 2.24) is 10.2 Å². The number of anilines is 1. The van der Waals surface area contributed by atoms with Gasteiger partial charge in [-0.2, -0.15) is 0 Å². The van der Waals surface area contributed by atoms with E-state index in [1.54, 1.807) is 25.1 Å². The summed E-state index contributed by atoms with van der Waals surface area (Å²) in [6.45, 7) is 6.64. The molecule has 0 spiro atoms. The number of hydrogen-bond donors (Lipinski definition) is 1. The van der Waals surface area contributed by atoms with E-state index in [0.29, 0.717) is 26.4 Å². The average Bonchev–Trinajstić information content (AvgIpc) is 2.92. The van der Waals surface area contributed by atoms with Crippen LogP contribution in [0.15, 0.2) is 71.6 Å². The van der Waals surface area contributed by atoms with Gasteiger partial charge in [0.15, 0.2) is 0 Å². The highest BCUT2D eigenvalue weighted by Gasteiger charge is 2.35. The second-order valence-corrected chi connectivity index (χ2v) is 13.7. The van der Waals surface area contributed by atoms with E-state index in [0.717, 1.165) is 4.31 Å². The Labute approximate surface area is 262 Å². The first-order valence-electron chi connectivity index (χ1n) is 13.1. The molecule has 0 saturated heterocycles. The van der Waals surface area contributed by atoms with Gasteiger partial charge in [0.1, 0.15) is 18.3 Å². The summed E-state index contributed by atoms with van der Waals surface area (Å²) in [5.74, 6) is -0.506. The molecule has 0 bridgehead atoms.